The lowest BCUT2D eigenvalue weighted by Crippen LogP contribution is -3.13. The third-order valence-electron chi connectivity index (χ3n) is 5.09. The second-order valence-corrected chi connectivity index (χ2v) is 8.68. The molecule has 1 aromatic heterocycles. The van der Waals surface area contributed by atoms with Crippen molar-refractivity contribution in [2.24, 2.45) is 0 Å². The smallest absolute Gasteiger partial charge is 0.240 e. The van der Waals surface area contributed by atoms with Crippen molar-refractivity contribution in [3.63, 3.8) is 0 Å². The first-order valence-electron chi connectivity index (χ1n) is 9.45. The van der Waals surface area contributed by atoms with Crippen LogP contribution in [0.15, 0.2) is 29.6 Å². The van der Waals surface area contributed by atoms with Crippen molar-refractivity contribution in [3.8, 4) is 11.3 Å². The highest BCUT2D eigenvalue weighted by Crippen LogP contribution is 2.24. The molecule has 1 aliphatic rings. The number of benzene rings is 1. The second-order valence-electron chi connectivity index (χ2n) is 7.18. The van der Waals surface area contributed by atoms with E-state index in [2.05, 4.69) is 43.4 Å². The summed E-state index contributed by atoms with van der Waals surface area (Å²) < 4.78 is 2.70. The van der Waals surface area contributed by atoms with Crippen molar-refractivity contribution in [3.05, 3.63) is 39.2 Å². The fourth-order valence-electron chi connectivity index (χ4n) is 3.62. The van der Waals surface area contributed by atoms with E-state index in [4.69, 9.17) is 12.2 Å². The number of nitrogens with one attached hydrogen (secondary N) is 2. The number of hydrogen-bond acceptors (Lipinski definition) is 3. The van der Waals surface area contributed by atoms with Crippen LogP contribution in [0.2, 0.25) is 0 Å². The fraction of sp³-hybridized carbons (Fsp3) is 0.500. The summed E-state index contributed by atoms with van der Waals surface area (Å²) in [5, 5.41) is 5.27. The molecule has 6 heteroatoms. The number of amides is 1. The van der Waals surface area contributed by atoms with E-state index in [1.165, 1.54) is 29.9 Å². The molecule has 0 atom stereocenters. The summed E-state index contributed by atoms with van der Waals surface area (Å²) in [4.78, 5) is 14.3. The van der Waals surface area contributed by atoms with Gasteiger partial charge in [0.1, 0.15) is 6.54 Å². The van der Waals surface area contributed by atoms with Gasteiger partial charge in [0.25, 0.3) is 0 Å². The van der Waals surface area contributed by atoms with Crippen LogP contribution in [0.25, 0.3) is 11.3 Å². The minimum Gasteiger partial charge on any atom is -0.351 e. The van der Waals surface area contributed by atoms with Crippen molar-refractivity contribution in [1.29, 1.82) is 0 Å². The molecule has 140 valence electrons. The van der Waals surface area contributed by atoms with Crippen LogP contribution in [0.5, 0.6) is 0 Å². The molecule has 1 saturated heterocycles. The normalized spacial score (nSPS) is 20.1. The van der Waals surface area contributed by atoms with Crippen LogP contribution in [0.3, 0.4) is 0 Å². The molecule has 1 aliphatic heterocycles. The van der Waals surface area contributed by atoms with Crippen LogP contribution in [0.4, 0.5) is 0 Å². The Morgan fingerprint density at radius 3 is 2.65 bits per heavy atom. The van der Waals surface area contributed by atoms with Crippen LogP contribution in [0, 0.1) is 10.9 Å². The Hall–Kier alpha value is -1.50. The lowest BCUT2D eigenvalue weighted by Gasteiger charge is -2.29. The number of carbonyl (C=O) groups is 1. The Morgan fingerprint density at radius 2 is 2.00 bits per heavy atom. The molecule has 0 bridgehead atoms. The average Bonchev–Trinajstić information content (AvgIpc) is 2.98. The van der Waals surface area contributed by atoms with Gasteiger partial charge in [-0.25, -0.2) is 0 Å². The quantitative estimate of drug-likeness (QED) is 0.745. The lowest BCUT2D eigenvalue weighted by atomic mass is 10.0. The highest BCUT2D eigenvalue weighted by molar-refractivity contribution is 7.73. The summed E-state index contributed by atoms with van der Waals surface area (Å²) in [5.74, 6) is 0.0665. The van der Waals surface area contributed by atoms with E-state index < -0.39 is 0 Å². The van der Waals surface area contributed by atoms with Gasteiger partial charge in [0.2, 0.25) is 5.91 Å². The molecule has 1 fully saturated rings. The molecule has 2 N–H and O–H groups in total. The molecule has 0 saturated carbocycles. The number of aryl methyl sites for hydroxylation is 1. The fourth-order valence-corrected chi connectivity index (χ4v) is 4.69. The highest BCUT2D eigenvalue weighted by atomic mass is 32.1. The predicted octanol–water partition coefficient (Wildman–Crippen LogP) is 2.83. The molecule has 0 radical (unpaired) electrons. The van der Waals surface area contributed by atoms with Crippen molar-refractivity contribution >= 4 is 29.5 Å². The van der Waals surface area contributed by atoms with Crippen LogP contribution in [0.1, 0.15) is 31.7 Å². The molecule has 0 unspecified atom stereocenters. The Morgan fingerprint density at radius 1 is 1.31 bits per heavy atom. The number of quaternary nitrogens is 1. The van der Waals surface area contributed by atoms with Crippen molar-refractivity contribution < 1.29 is 9.69 Å². The van der Waals surface area contributed by atoms with Gasteiger partial charge in [0, 0.05) is 24.3 Å². The molecule has 4 nitrogen and oxygen atoms in total. The molecule has 0 aliphatic carbocycles. The van der Waals surface area contributed by atoms with Crippen LogP contribution >= 0.6 is 23.6 Å². The molecular formula is C20H28N3OS2+. The SMILES string of the molecule is CCC[NH+]1CCC(NC(=O)Cn2c(-c3ccc(C)cc3)csc2=S)CC1. The van der Waals surface area contributed by atoms with E-state index in [1.54, 1.807) is 4.90 Å². The third kappa shape index (κ3) is 4.81. The maximum atomic E-state index is 12.6. The van der Waals surface area contributed by atoms with Gasteiger partial charge in [-0.2, -0.15) is 0 Å². The number of thiazole rings is 1. The first-order valence-corrected chi connectivity index (χ1v) is 10.7. The van der Waals surface area contributed by atoms with Crippen LogP contribution in [-0.4, -0.2) is 36.2 Å². The number of carbonyl (C=O) groups excluding carboxylic acids is 1. The van der Waals surface area contributed by atoms with E-state index in [0.29, 0.717) is 12.6 Å². The third-order valence-corrected chi connectivity index (χ3v) is 6.37. The molecule has 26 heavy (non-hydrogen) atoms. The Labute approximate surface area is 164 Å². The Bertz CT molecular complexity index is 786. The first-order chi connectivity index (χ1) is 12.6. The summed E-state index contributed by atoms with van der Waals surface area (Å²) in [6, 6.07) is 8.66. The van der Waals surface area contributed by atoms with E-state index in [-0.39, 0.29) is 5.91 Å². The van der Waals surface area contributed by atoms with E-state index in [1.807, 2.05) is 9.95 Å². The zero-order chi connectivity index (χ0) is 18.5. The van der Waals surface area contributed by atoms with Gasteiger partial charge >= 0.3 is 0 Å². The molecular weight excluding hydrogens is 362 g/mol. The van der Waals surface area contributed by atoms with Gasteiger partial charge in [-0.15, -0.1) is 11.3 Å². The van der Waals surface area contributed by atoms with Gasteiger partial charge in [0.15, 0.2) is 3.95 Å². The van der Waals surface area contributed by atoms with E-state index >= 15 is 0 Å². The Kier molecular flexibility index (Phi) is 6.62. The lowest BCUT2D eigenvalue weighted by molar-refractivity contribution is -0.905. The monoisotopic (exact) mass is 390 g/mol. The average molecular weight is 391 g/mol. The van der Waals surface area contributed by atoms with Gasteiger partial charge in [-0.3, -0.25) is 4.79 Å². The van der Waals surface area contributed by atoms with Crippen LogP contribution in [-0.2, 0) is 11.3 Å². The van der Waals surface area contributed by atoms with E-state index in [9.17, 15) is 4.79 Å². The maximum absolute atomic E-state index is 12.6. The highest BCUT2D eigenvalue weighted by Gasteiger charge is 2.23. The topological polar surface area (TPSA) is 38.5 Å². The van der Waals surface area contributed by atoms with Gasteiger partial charge in [0.05, 0.1) is 25.3 Å². The second kappa shape index (κ2) is 8.93. The minimum atomic E-state index is 0.0665. The summed E-state index contributed by atoms with van der Waals surface area (Å²) in [5.41, 5.74) is 3.35. The standard InChI is InChI=1S/C20H27N3OS2/c1-3-10-22-11-8-17(9-12-22)21-19(24)13-23-18(14-26-20(23)25)16-6-4-15(2)5-7-16/h4-7,14,17H,3,8-13H2,1-2H3,(H,21,24)/p+1. The first kappa shape index (κ1) is 19.3. The molecule has 0 spiro atoms. The molecule has 3 rings (SSSR count). The largest absolute Gasteiger partial charge is 0.351 e. The molecule has 1 aromatic carbocycles. The number of hydrogen-bond donors (Lipinski definition) is 2. The maximum Gasteiger partial charge on any atom is 0.240 e. The molecule has 2 aromatic rings. The number of aromatic nitrogens is 1. The van der Waals surface area contributed by atoms with Gasteiger partial charge < -0.3 is 14.8 Å². The minimum absolute atomic E-state index is 0.0665. The number of rotatable bonds is 6. The van der Waals surface area contributed by atoms with Crippen molar-refractivity contribution in [2.75, 3.05) is 19.6 Å². The summed E-state index contributed by atoms with van der Waals surface area (Å²) in [7, 11) is 0. The summed E-state index contributed by atoms with van der Waals surface area (Å²) in [6.45, 7) is 8.16. The number of nitrogens with zero attached hydrogens (tertiary/aromatic N) is 1. The van der Waals surface area contributed by atoms with Crippen molar-refractivity contribution in [2.45, 2.75) is 45.7 Å². The molecule has 2 heterocycles. The van der Waals surface area contributed by atoms with E-state index in [0.717, 1.165) is 41.1 Å². The summed E-state index contributed by atoms with van der Waals surface area (Å²) >= 11 is 6.98. The summed E-state index contributed by atoms with van der Waals surface area (Å²) in [6.07, 6.45) is 3.37. The van der Waals surface area contributed by atoms with Crippen LogP contribution < -0.4 is 10.2 Å². The zero-order valence-electron chi connectivity index (χ0n) is 15.6. The van der Waals surface area contributed by atoms with Crippen molar-refractivity contribution in [1.82, 2.24) is 9.88 Å². The van der Waals surface area contributed by atoms with Gasteiger partial charge in [-0.05, 0) is 31.1 Å². The predicted molar refractivity (Wildman–Crippen MR) is 110 cm³/mol. The number of piperidine rings is 1. The zero-order valence-corrected chi connectivity index (χ0v) is 17.2. The Balaban J connectivity index is 1.62. The molecule has 1 amide bonds. The van der Waals surface area contributed by atoms with Gasteiger partial charge in [-0.1, -0.05) is 36.8 Å². The number of likely N-dealkylation sites (tertiary alicyclic amines) is 1.